The van der Waals surface area contributed by atoms with Crippen LogP contribution in [0, 0.1) is 17.3 Å². The van der Waals surface area contributed by atoms with Gasteiger partial charge in [0.15, 0.2) is 0 Å². The summed E-state index contributed by atoms with van der Waals surface area (Å²) >= 11 is 0. The number of hydrogen-bond acceptors (Lipinski definition) is 5. The Kier molecular flexibility index (Phi) is 2.23. The lowest BCUT2D eigenvalue weighted by molar-refractivity contribution is -0.141. The summed E-state index contributed by atoms with van der Waals surface area (Å²) in [5.41, 5.74) is -0.448. The summed E-state index contributed by atoms with van der Waals surface area (Å²) < 4.78 is 0. The molecule has 0 aliphatic heterocycles. The molecule has 2 unspecified atom stereocenters. The van der Waals surface area contributed by atoms with Crippen molar-refractivity contribution in [1.82, 2.24) is 0 Å². The van der Waals surface area contributed by atoms with Crippen molar-refractivity contribution >= 4 is 11.9 Å². The van der Waals surface area contributed by atoms with Crippen LogP contribution in [-0.2, 0) is 0 Å². The molecule has 0 aromatic carbocycles. The van der Waals surface area contributed by atoms with Crippen LogP contribution in [0.15, 0.2) is 10.3 Å². The van der Waals surface area contributed by atoms with E-state index < -0.39 is 5.60 Å². The fourth-order valence-electron chi connectivity index (χ4n) is 4.84. The summed E-state index contributed by atoms with van der Waals surface area (Å²) in [6.45, 7) is 0. The second-order valence-electron chi connectivity index (χ2n) is 6.20. The quantitative estimate of drug-likeness (QED) is 0.388. The topological polar surface area (TPSA) is 85.4 Å². The minimum Gasteiger partial charge on any atom is -0.411 e. The highest BCUT2D eigenvalue weighted by Crippen LogP contribution is 2.61. The van der Waals surface area contributed by atoms with Gasteiger partial charge in [0.2, 0.25) is 0 Å². The molecular formula is C12H18N2O3. The number of aliphatic hydroxyl groups is 1. The Morgan fingerprint density at radius 1 is 1.12 bits per heavy atom. The normalized spacial score (nSPS) is 49.1. The lowest BCUT2D eigenvalue weighted by Crippen LogP contribution is -2.58. The summed E-state index contributed by atoms with van der Waals surface area (Å²) in [5.74, 6) is 1.04. The first-order valence-corrected chi connectivity index (χ1v) is 6.21. The van der Waals surface area contributed by atoms with Crippen molar-refractivity contribution in [2.45, 2.75) is 44.1 Å². The first-order valence-electron chi connectivity index (χ1n) is 6.21. The van der Waals surface area contributed by atoms with E-state index in [1.165, 1.54) is 12.6 Å². The van der Waals surface area contributed by atoms with Crippen LogP contribution in [0.4, 0.5) is 0 Å². The van der Waals surface area contributed by atoms with Gasteiger partial charge < -0.3 is 15.5 Å². The highest BCUT2D eigenvalue weighted by Gasteiger charge is 2.59. The molecule has 5 nitrogen and oxygen atoms in total. The molecule has 0 aromatic rings. The van der Waals surface area contributed by atoms with Crippen molar-refractivity contribution < 1.29 is 15.5 Å². The van der Waals surface area contributed by atoms with Gasteiger partial charge in [-0.3, -0.25) is 0 Å². The molecule has 3 N–H and O–H groups in total. The third kappa shape index (κ3) is 1.56. The molecule has 0 radical (unpaired) electrons. The maximum Gasteiger partial charge on any atom is 0.107 e. The van der Waals surface area contributed by atoms with Crippen LogP contribution >= 0.6 is 0 Å². The molecule has 94 valence electrons. The summed E-state index contributed by atoms with van der Waals surface area (Å²) in [6, 6.07) is 0. The van der Waals surface area contributed by atoms with Crippen molar-refractivity contribution in [2.75, 3.05) is 0 Å². The molecule has 4 aliphatic carbocycles. The largest absolute Gasteiger partial charge is 0.411 e. The maximum absolute atomic E-state index is 10.5. The van der Waals surface area contributed by atoms with E-state index in [0.29, 0.717) is 24.0 Å². The Hall–Kier alpha value is -1.10. The fraction of sp³-hybridized carbons (Fsp3) is 0.833. The SMILES string of the molecule is O/N=C(\C=N\O)C12CC3CC(CC(O)(C3)C1)C2. The highest BCUT2D eigenvalue weighted by atomic mass is 16.4. The number of nitrogens with zero attached hydrogens (tertiary/aromatic N) is 2. The molecule has 2 atom stereocenters. The van der Waals surface area contributed by atoms with Gasteiger partial charge in [0, 0.05) is 5.41 Å². The first-order chi connectivity index (χ1) is 8.09. The zero-order valence-electron chi connectivity index (χ0n) is 9.71. The van der Waals surface area contributed by atoms with Crippen molar-refractivity contribution in [1.29, 1.82) is 0 Å². The van der Waals surface area contributed by atoms with Crippen molar-refractivity contribution in [3.63, 3.8) is 0 Å². The number of hydrogen-bond donors (Lipinski definition) is 3. The second-order valence-corrected chi connectivity index (χ2v) is 6.20. The molecule has 0 saturated heterocycles. The number of oxime groups is 2. The van der Waals surface area contributed by atoms with E-state index in [9.17, 15) is 5.11 Å². The Morgan fingerprint density at radius 2 is 1.76 bits per heavy atom. The van der Waals surface area contributed by atoms with Crippen molar-refractivity contribution in [3.8, 4) is 0 Å². The first kappa shape index (κ1) is 11.0. The smallest absolute Gasteiger partial charge is 0.107 e. The highest BCUT2D eigenvalue weighted by molar-refractivity contribution is 6.32. The summed E-state index contributed by atoms with van der Waals surface area (Å²) in [7, 11) is 0. The lowest BCUT2D eigenvalue weighted by atomic mass is 9.47. The average Bonchev–Trinajstić information content (AvgIpc) is 2.22. The van der Waals surface area contributed by atoms with Gasteiger partial charge in [0.1, 0.15) is 5.71 Å². The molecule has 4 saturated carbocycles. The molecule has 0 amide bonds. The van der Waals surface area contributed by atoms with Gasteiger partial charge >= 0.3 is 0 Å². The minimum absolute atomic E-state index is 0.278. The molecule has 4 rings (SSSR count). The van der Waals surface area contributed by atoms with E-state index in [1.54, 1.807) is 0 Å². The minimum atomic E-state index is -0.594. The molecular weight excluding hydrogens is 220 g/mol. The standard InChI is InChI=1S/C12H18N2O3/c15-12-4-8-1-9(5-12)3-11(2-8,7-12)10(14-17)6-13-16/h6,8-9,15-17H,1-5,7H2/b13-6+,14-10+. The zero-order chi connectivity index (χ0) is 12.1. The van der Waals surface area contributed by atoms with E-state index in [1.807, 2.05) is 0 Å². The summed E-state index contributed by atoms with van der Waals surface area (Å²) in [4.78, 5) is 0. The summed E-state index contributed by atoms with van der Waals surface area (Å²) in [6.07, 6.45) is 6.67. The Morgan fingerprint density at radius 3 is 2.24 bits per heavy atom. The molecule has 0 aromatic heterocycles. The van der Waals surface area contributed by atoms with Gasteiger partial charge in [-0.05, 0) is 50.4 Å². The van der Waals surface area contributed by atoms with E-state index in [0.717, 1.165) is 25.7 Å². The maximum atomic E-state index is 10.5. The average molecular weight is 238 g/mol. The van der Waals surface area contributed by atoms with Crippen LogP contribution < -0.4 is 0 Å². The molecule has 17 heavy (non-hydrogen) atoms. The molecule has 4 aliphatic rings. The van der Waals surface area contributed by atoms with Crippen LogP contribution in [0.25, 0.3) is 0 Å². The number of rotatable bonds is 2. The monoisotopic (exact) mass is 238 g/mol. The molecule has 0 heterocycles. The van der Waals surface area contributed by atoms with Gasteiger partial charge in [-0.25, -0.2) is 0 Å². The zero-order valence-corrected chi connectivity index (χ0v) is 9.71. The Labute approximate surface area is 99.8 Å². The third-order valence-electron chi connectivity index (χ3n) is 4.86. The molecule has 4 bridgehead atoms. The second kappa shape index (κ2) is 3.45. The van der Waals surface area contributed by atoms with Gasteiger partial charge in [-0.1, -0.05) is 10.3 Å². The van der Waals surface area contributed by atoms with Gasteiger partial charge in [0.05, 0.1) is 11.8 Å². The van der Waals surface area contributed by atoms with E-state index >= 15 is 0 Å². The third-order valence-corrected chi connectivity index (χ3v) is 4.86. The van der Waals surface area contributed by atoms with Gasteiger partial charge in [-0.15, -0.1) is 0 Å². The Bertz CT molecular complexity index is 377. The van der Waals surface area contributed by atoms with E-state index in [2.05, 4.69) is 10.3 Å². The Balaban J connectivity index is 1.98. The fourth-order valence-corrected chi connectivity index (χ4v) is 4.84. The summed E-state index contributed by atoms with van der Waals surface area (Å²) in [5, 5.41) is 34.6. The van der Waals surface area contributed by atoms with Gasteiger partial charge in [0.25, 0.3) is 0 Å². The van der Waals surface area contributed by atoms with Crippen LogP contribution in [0.2, 0.25) is 0 Å². The van der Waals surface area contributed by atoms with Crippen LogP contribution in [0.1, 0.15) is 38.5 Å². The van der Waals surface area contributed by atoms with Crippen LogP contribution in [0.5, 0.6) is 0 Å². The molecule has 5 heteroatoms. The van der Waals surface area contributed by atoms with Gasteiger partial charge in [-0.2, -0.15) is 0 Å². The predicted molar refractivity (Wildman–Crippen MR) is 61.6 cm³/mol. The van der Waals surface area contributed by atoms with E-state index in [4.69, 9.17) is 10.4 Å². The van der Waals surface area contributed by atoms with Crippen LogP contribution in [-0.4, -0.2) is 33.0 Å². The van der Waals surface area contributed by atoms with Crippen molar-refractivity contribution in [3.05, 3.63) is 0 Å². The lowest BCUT2D eigenvalue weighted by Gasteiger charge is -2.59. The predicted octanol–water partition coefficient (Wildman–Crippen LogP) is 1.61. The molecule has 4 fully saturated rings. The van der Waals surface area contributed by atoms with E-state index in [-0.39, 0.29) is 5.41 Å². The van der Waals surface area contributed by atoms with Crippen molar-refractivity contribution in [2.24, 2.45) is 27.6 Å². The molecule has 0 spiro atoms. The van der Waals surface area contributed by atoms with Crippen LogP contribution in [0.3, 0.4) is 0 Å².